The number of carboxylic acid groups (broad SMARTS) is 1. The normalized spacial score (nSPS) is 19.6. The van der Waals surface area contributed by atoms with Gasteiger partial charge in [-0.05, 0) is 33.4 Å². The number of carbonyl (C=O) groups excluding carboxylic acids is 2. The Balaban J connectivity index is 2.39. The van der Waals surface area contributed by atoms with Crippen molar-refractivity contribution >= 4 is 17.8 Å². The fraction of sp³-hybridized carbons (Fsp3) is 0.667. The molecule has 1 rings (SSSR count). The van der Waals surface area contributed by atoms with Crippen molar-refractivity contribution < 1.29 is 19.5 Å². The van der Waals surface area contributed by atoms with Gasteiger partial charge in [-0.1, -0.05) is 12.5 Å². The van der Waals surface area contributed by atoms with Gasteiger partial charge in [0.1, 0.15) is 0 Å². The summed E-state index contributed by atoms with van der Waals surface area (Å²) in [5.41, 5.74) is 0.188. The van der Waals surface area contributed by atoms with Gasteiger partial charge < -0.3 is 15.3 Å². The van der Waals surface area contributed by atoms with Crippen LogP contribution in [0.2, 0.25) is 0 Å². The number of carbonyl (C=O) groups is 3. The minimum absolute atomic E-state index is 0.0698. The van der Waals surface area contributed by atoms with Gasteiger partial charge in [-0.25, -0.2) is 4.79 Å². The molecule has 0 aromatic heterocycles. The summed E-state index contributed by atoms with van der Waals surface area (Å²) in [6.45, 7) is 2.50. The molecule has 0 aliphatic carbocycles. The van der Waals surface area contributed by atoms with Gasteiger partial charge in [0.15, 0.2) is 0 Å². The molecule has 1 atom stereocenters. The zero-order valence-electron chi connectivity index (χ0n) is 13.5. The van der Waals surface area contributed by atoms with E-state index < -0.39 is 5.97 Å². The van der Waals surface area contributed by atoms with Crippen molar-refractivity contribution in [2.75, 3.05) is 33.7 Å². The standard InChI is InChI=1S/C15H25N3O4/c1-11(15(21)22)7-9-18(3)13(19)10-16-14(20)12-6-4-5-8-17(12)2/h7,12H,4-6,8-10H2,1-3H3,(H,16,20)(H,21,22)/b11-7+. The molecular formula is C15H25N3O4. The van der Waals surface area contributed by atoms with Crippen LogP contribution in [0.4, 0.5) is 0 Å². The van der Waals surface area contributed by atoms with Crippen LogP contribution in [0, 0.1) is 0 Å². The van der Waals surface area contributed by atoms with Gasteiger partial charge in [0.25, 0.3) is 0 Å². The van der Waals surface area contributed by atoms with Gasteiger partial charge in [0.2, 0.25) is 11.8 Å². The van der Waals surface area contributed by atoms with E-state index >= 15 is 0 Å². The summed E-state index contributed by atoms with van der Waals surface area (Å²) in [6.07, 6.45) is 4.40. The predicted octanol–water partition coefficient (Wildman–Crippen LogP) is 0.0762. The molecule has 2 N–H and O–H groups in total. The Hall–Kier alpha value is -1.89. The van der Waals surface area contributed by atoms with E-state index in [4.69, 9.17) is 5.11 Å². The van der Waals surface area contributed by atoms with Crippen LogP contribution in [-0.4, -0.2) is 72.5 Å². The van der Waals surface area contributed by atoms with Crippen molar-refractivity contribution in [3.8, 4) is 0 Å². The number of aliphatic carboxylic acids is 1. The molecule has 0 spiro atoms. The maximum atomic E-state index is 12.1. The molecular weight excluding hydrogens is 286 g/mol. The molecule has 0 radical (unpaired) electrons. The van der Waals surface area contributed by atoms with E-state index in [2.05, 4.69) is 5.32 Å². The van der Waals surface area contributed by atoms with Crippen LogP contribution < -0.4 is 5.32 Å². The molecule has 0 saturated carbocycles. The quantitative estimate of drug-likeness (QED) is 0.678. The molecule has 7 heteroatoms. The lowest BCUT2D eigenvalue weighted by molar-refractivity contribution is -0.133. The average molecular weight is 311 g/mol. The number of hydrogen-bond donors (Lipinski definition) is 2. The number of carboxylic acids is 1. The fourth-order valence-corrected chi connectivity index (χ4v) is 2.28. The van der Waals surface area contributed by atoms with Crippen molar-refractivity contribution in [1.29, 1.82) is 0 Å². The number of likely N-dealkylation sites (tertiary alicyclic amines) is 1. The first-order chi connectivity index (χ1) is 10.3. The Morgan fingerprint density at radius 2 is 2.05 bits per heavy atom. The van der Waals surface area contributed by atoms with E-state index in [0.717, 1.165) is 25.8 Å². The van der Waals surface area contributed by atoms with E-state index in [1.807, 2.05) is 11.9 Å². The number of likely N-dealkylation sites (N-methyl/N-ethyl adjacent to an activating group) is 2. The Bertz CT molecular complexity index is 462. The molecule has 0 bridgehead atoms. The third-order valence-electron chi connectivity index (χ3n) is 3.92. The maximum absolute atomic E-state index is 12.1. The van der Waals surface area contributed by atoms with Crippen LogP contribution in [-0.2, 0) is 14.4 Å². The van der Waals surface area contributed by atoms with Crippen molar-refractivity contribution in [1.82, 2.24) is 15.1 Å². The molecule has 22 heavy (non-hydrogen) atoms. The Morgan fingerprint density at radius 1 is 1.36 bits per heavy atom. The van der Waals surface area contributed by atoms with Gasteiger partial charge >= 0.3 is 5.97 Å². The molecule has 7 nitrogen and oxygen atoms in total. The van der Waals surface area contributed by atoms with E-state index in [-0.39, 0.29) is 36.5 Å². The van der Waals surface area contributed by atoms with Gasteiger partial charge in [0.05, 0.1) is 12.6 Å². The van der Waals surface area contributed by atoms with Gasteiger partial charge in [-0.15, -0.1) is 0 Å². The molecule has 0 aromatic carbocycles. The predicted molar refractivity (Wildman–Crippen MR) is 82.3 cm³/mol. The maximum Gasteiger partial charge on any atom is 0.331 e. The minimum Gasteiger partial charge on any atom is -0.478 e. The van der Waals surface area contributed by atoms with Crippen molar-refractivity contribution in [3.05, 3.63) is 11.6 Å². The molecule has 124 valence electrons. The molecule has 1 saturated heterocycles. The van der Waals surface area contributed by atoms with E-state index in [9.17, 15) is 14.4 Å². The van der Waals surface area contributed by atoms with Crippen molar-refractivity contribution in [3.63, 3.8) is 0 Å². The third-order valence-corrected chi connectivity index (χ3v) is 3.92. The fourth-order valence-electron chi connectivity index (χ4n) is 2.28. The Kier molecular flexibility index (Phi) is 7.04. The number of piperidine rings is 1. The molecule has 1 unspecified atom stereocenters. The van der Waals surface area contributed by atoms with Crippen molar-refractivity contribution in [2.24, 2.45) is 0 Å². The summed E-state index contributed by atoms with van der Waals surface area (Å²) in [5, 5.41) is 11.4. The lowest BCUT2D eigenvalue weighted by Crippen LogP contribution is -2.49. The van der Waals surface area contributed by atoms with Crippen LogP contribution in [0.1, 0.15) is 26.2 Å². The van der Waals surface area contributed by atoms with Crippen molar-refractivity contribution in [2.45, 2.75) is 32.2 Å². The lowest BCUT2D eigenvalue weighted by Gasteiger charge is -2.31. The van der Waals surface area contributed by atoms with E-state index in [1.165, 1.54) is 17.9 Å². The topological polar surface area (TPSA) is 90.0 Å². The molecule has 1 aliphatic heterocycles. The first-order valence-electron chi connectivity index (χ1n) is 7.45. The molecule has 1 fully saturated rings. The summed E-state index contributed by atoms with van der Waals surface area (Å²) in [4.78, 5) is 38.1. The highest BCUT2D eigenvalue weighted by atomic mass is 16.4. The summed E-state index contributed by atoms with van der Waals surface area (Å²) >= 11 is 0. The van der Waals surface area contributed by atoms with Gasteiger partial charge in [-0.3, -0.25) is 14.5 Å². The molecule has 0 aromatic rings. The van der Waals surface area contributed by atoms with Crippen LogP contribution >= 0.6 is 0 Å². The highest BCUT2D eigenvalue weighted by Crippen LogP contribution is 2.14. The molecule has 2 amide bonds. The summed E-state index contributed by atoms with van der Waals surface area (Å²) in [5.74, 6) is -1.38. The monoisotopic (exact) mass is 311 g/mol. The minimum atomic E-state index is -1.01. The largest absolute Gasteiger partial charge is 0.478 e. The Morgan fingerprint density at radius 3 is 2.64 bits per heavy atom. The third kappa shape index (κ3) is 5.48. The molecule has 1 heterocycles. The number of rotatable bonds is 6. The zero-order chi connectivity index (χ0) is 16.7. The number of nitrogens with zero attached hydrogens (tertiary/aromatic N) is 2. The summed E-state index contributed by atoms with van der Waals surface area (Å²) in [6, 6.07) is -0.166. The number of hydrogen-bond acceptors (Lipinski definition) is 4. The smallest absolute Gasteiger partial charge is 0.331 e. The number of amides is 2. The van der Waals surface area contributed by atoms with Crippen LogP contribution in [0.5, 0.6) is 0 Å². The van der Waals surface area contributed by atoms with Crippen LogP contribution in [0.15, 0.2) is 11.6 Å². The summed E-state index contributed by atoms with van der Waals surface area (Å²) in [7, 11) is 3.49. The highest BCUT2D eigenvalue weighted by Gasteiger charge is 2.26. The van der Waals surface area contributed by atoms with Gasteiger partial charge in [-0.2, -0.15) is 0 Å². The SMILES string of the molecule is C/C(=C\CN(C)C(=O)CNC(=O)C1CCCCN1C)C(=O)O. The average Bonchev–Trinajstić information content (AvgIpc) is 2.49. The lowest BCUT2D eigenvalue weighted by atomic mass is 10.0. The first kappa shape index (κ1) is 18.2. The van der Waals surface area contributed by atoms with Crippen LogP contribution in [0.3, 0.4) is 0 Å². The Labute approximate surface area is 131 Å². The van der Waals surface area contributed by atoms with E-state index in [0.29, 0.717) is 0 Å². The molecule has 1 aliphatic rings. The van der Waals surface area contributed by atoms with Gasteiger partial charge in [0, 0.05) is 19.2 Å². The first-order valence-corrected chi connectivity index (χ1v) is 7.45. The second-order valence-corrected chi connectivity index (χ2v) is 5.68. The second kappa shape index (κ2) is 8.53. The van der Waals surface area contributed by atoms with Crippen LogP contribution in [0.25, 0.3) is 0 Å². The second-order valence-electron chi connectivity index (χ2n) is 5.68. The zero-order valence-corrected chi connectivity index (χ0v) is 13.5. The van der Waals surface area contributed by atoms with E-state index in [1.54, 1.807) is 7.05 Å². The summed E-state index contributed by atoms with van der Waals surface area (Å²) < 4.78 is 0. The number of nitrogens with one attached hydrogen (secondary N) is 1. The highest BCUT2D eigenvalue weighted by molar-refractivity contribution is 5.88.